The van der Waals surface area contributed by atoms with Crippen molar-refractivity contribution in [2.75, 3.05) is 0 Å². The summed E-state index contributed by atoms with van der Waals surface area (Å²) in [5.41, 5.74) is 3.99. The molecule has 0 unspecified atom stereocenters. The van der Waals surface area contributed by atoms with Crippen LogP contribution in [0, 0.1) is 17.7 Å². The number of carboxylic acid groups (broad SMARTS) is 1. The van der Waals surface area contributed by atoms with Crippen LogP contribution in [0.4, 0.5) is 4.39 Å². The summed E-state index contributed by atoms with van der Waals surface area (Å²) in [6.07, 6.45) is 0.888. The highest BCUT2D eigenvalue weighted by molar-refractivity contribution is 5.88. The van der Waals surface area contributed by atoms with Gasteiger partial charge in [0.15, 0.2) is 5.82 Å². The molecule has 1 heterocycles. The van der Waals surface area contributed by atoms with E-state index in [1.54, 1.807) is 0 Å². The number of aromatic carboxylic acids is 1. The first kappa shape index (κ1) is 11.7. The van der Waals surface area contributed by atoms with Crippen molar-refractivity contribution in [3.05, 3.63) is 29.3 Å². The van der Waals surface area contributed by atoms with Crippen LogP contribution < -0.4 is 5.73 Å². The molecule has 6 heteroatoms. The van der Waals surface area contributed by atoms with Crippen molar-refractivity contribution in [2.24, 2.45) is 5.73 Å². The zero-order chi connectivity index (χ0) is 12.1. The Kier molecular flexibility index (Phi) is 3.56. The van der Waals surface area contributed by atoms with E-state index in [0.29, 0.717) is 0 Å². The molecule has 0 bridgehead atoms. The van der Waals surface area contributed by atoms with E-state index in [-0.39, 0.29) is 12.1 Å². The number of hydrogen-bond donors (Lipinski definition) is 2. The summed E-state index contributed by atoms with van der Waals surface area (Å²) in [6.45, 7) is 0. The third-order valence-corrected chi connectivity index (χ3v) is 1.59. The first-order chi connectivity index (χ1) is 7.52. The van der Waals surface area contributed by atoms with Crippen LogP contribution in [0.1, 0.15) is 22.5 Å². The minimum absolute atomic E-state index is 0.238. The summed E-state index contributed by atoms with van der Waals surface area (Å²) < 4.78 is 13.4. The second kappa shape index (κ2) is 4.89. The zero-order valence-electron chi connectivity index (χ0n) is 8.03. The van der Waals surface area contributed by atoms with Gasteiger partial charge in [-0.15, -0.1) is 0 Å². The average Bonchev–Trinajstić information content (AvgIpc) is 2.19. The van der Waals surface area contributed by atoms with Crippen molar-refractivity contribution in [3.63, 3.8) is 0 Å². The van der Waals surface area contributed by atoms with Gasteiger partial charge in [0.1, 0.15) is 5.69 Å². The Morgan fingerprint density at radius 1 is 1.56 bits per heavy atom. The molecular weight excluding hydrogens is 215 g/mol. The monoisotopic (exact) mass is 222 g/mol. The van der Waals surface area contributed by atoms with Crippen LogP contribution in [-0.2, 0) is 4.79 Å². The van der Waals surface area contributed by atoms with Crippen molar-refractivity contribution < 1.29 is 19.1 Å². The van der Waals surface area contributed by atoms with Gasteiger partial charge in [0.2, 0.25) is 5.91 Å². The van der Waals surface area contributed by atoms with Crippen molar-refractivity contribution in [1.29, 1.82) is 0 Å². The molecule has 0 fully saturated rings. The van der Waals surface area contributed by atoms with E-state index in [1.165, 1.54) is 0 Å². The minimum atomic E-state index is -1.40. The Labute approximate surface area is 90.1 Å². The van der Waals surface area contributed by atoms with E-state index in [2.05, 4.69) is 16.8 Å². The van der Waals surface area contributed by atoms with Crippen LogP contribution in [0.15, 0.2) is 12.3 Å². The smallest absolute Gasteiger partial charge is 0.338 e. The summed E-state index contributed by atoms with van der Waals surface area (Å²) in [4.78, 5) is 24.5. The van der Waals surface area contributed by atoms with Crippen LogP contribution >= 0.6 is 0 Å². The molecule has 5 nitrogen and oxygen atoms in total. The predicted octanol–water partition coefficient (Wildman–Crippen LogP) is 0.146. The van der Waals surface area contributed by atoms with Crippen molar-refractivity contribution in [3.8, 4) is 11.8 Å². The second-order valence-corrected chi connectivity index (χ2v) is 2.77. The topological polar surface area (TPSA) is 93.3 Å². The second-order valence-electron chi connectivity index (χ2n) is 2.77. The third kappa shape index (κ3) is 2.78. The van der Waals surface area contributed by atoms with Crippen LogP contribution in [0.2, 0.25) is 0 Å². The van der Waals surface area contributed by atoms with Gasteiger partial charge in [-0.1, -0.05) is 5.92 Å². The van der Waals surface area contributed by atoms with Crippen molar-refractivity contribution >= 4 is 11.9 Å². The van der Waals surface area contributed by atoms with Gasteiger partial charge in [0, 0.05) is 6.20 Å². The molecular formula is C10H7FN2O3. The molecule has 3 N–H and O–H groups in total. The lowest BCUT2D eigenvalue weighted by atomic mass is 10.2. The summed E-state index contributed by atoms with van der Waals surface area (Å²) in [5, 5.41) is 8.61. The largest absolute Gasteiger partial charge is 0.478 e. The van der Waals surface area contributed by atoms with Crippen LogP contribution in [0.5, 0.6) is 0 Å². The number of rotatable bonds is 2. The van der Waals surface area contributed by atoms with Gasteiger partial charge in [-0.2, -0.15) is 0 Å². The summed E-state index contributed by atoms with van der Waals surface area (Å²) in [7, 11) is 0. The van der Waals surface area contributed by atoms with Gasteiger partial charge in [-0.05, 0) is 12.0 Å². The number of carbonyl (C=O) groups excluding carboxylic acids is 1. The number of hydrogen-bond acceptors (Lipinski definition) is 3. The van der Waals surface area contributed by atoms with Gasteiger partial charge in [0.25, 0.3) is 0 Å². The lowest BCUT2D eigenvalue weighted by molar-refractivity contribution is -0.117. The normalized spacial score (nSPS) is 9.06. The lowest BCUT2D eigenvalue weighted by Gasteiger charge is -1.97. The fraction of sp³-hybridized carbons (Fsp3) is 0.100. The quantitative estimate of drug-likeness (QED) is 0.696. The summed E-state index contributed by atoms with van der Waals surface area (Å²) in [5.74, 6) is 1.45. The van der Waals surface area contributed by atoms with E-state index in [0.717, 1.165) is 12.3 Å². The van der Waals surface area contributed by atoms with Crippen molar-refractivity contribution in [1.82, 2.24) is 4.98 Å². The molecule has 0 atom stereocenters. The minimum Gasteiger partial charge on any atom is -0.478 e. The maximum Gasteiger partial charge on any atom is 0.338 e. The van der Waals surface area contributed by atoms with E-state index < -0.39 is 23.3 Å². The molecule has 0 aliphatic heterocycles. The molecule has 0 aromatic carbocycles. The first-order valence-corrected chi connectivity index (χ1v) is 4.17. The predicted molar refractivity (Wildman–Crippen MR) is 51.8 cm³/mol. The van der Waals surface area contributed by atoms with Gasteiger partial charge >= 0.3 is 5.97 Å². The zero-order valence-corrected chi connectivity index (χ0v) is 8.03. The number of carboxylic acids is 1. The van der Waals surface area contributed by atoms with Crippen LogP contribution in [-0.4, -0.2) is 22.0 Å². The van der Waals surface area contributed by atoms with Gasteiger partial charge in [-0.25, -0.2) is 14.2 Å². The Balaban J connectivity index is 3.05. The van der Waals surface area contributed by atoms with Crippen LogP contribution in [0.25, 0.3) is 0 Å². The number of halogens is 1. The molecule has 82 valence electrons. The van der Waals surface area contributed by atoms with E-state index in [4.69, 9.17) is 10.8 Å². The van der Waals surface area contributed by atoms with Crippen LogP contribution in [0.3, 0.4) is 0 Å². The third-order valence-electron chi connectivity index (χ3n) is 1.59. The molecule has 0 aliphatic rings. The molecule has 1 amide bonds. The fourth-order valence-electron chi connectivity index (χ4n) is 0.911. The highest BCUT2D eigenvalue weighted by Crippen LogP contribution is 2.09. The molecule has 0 aliphatic carbocycles. The number of aromatic nitrogens is 1. The molecule has 1 aromatic rings. The van der Waals surface area contributed by atoms with Gasteiger partial charge in [-0.3, -0.25) is 4.79 Å². The summed E-state index contributed by atoms with van der Waals surface area (Å²) in [6, 6.07) is 1.02. The van der Waals surface area contributed by atoms with Gasteiger partial charge < -0.3 is 10.8 Å². The van der Waals surface area contributed by atoms with Gasteiger partial charge in [0.05, 0.1) is 12.0 Å². The fourth-order valence-corrected chi connectivity index (χ4v) is 0.911. The average molecular weight is 222 g/mol. The molecule has 0 saturated carbocycles. The summed E-state index contributed by atoms with van der Waals surface area (Å²) >= 11 is 0. The lowest BCUT2D eigenvalue weighted by Crippen LogP contribution is -2.08. The SMILES string of the molecule is NC(=O)CC#Cc1nccc(C(=O)O)c1F. The van der Waals surface area contributed by atoms with E-state index in [9.17, 15) is 14.0 Å². The standard InChI is InChI=1S/C10H7FN2O3/c11-9-6(10(15)16)4-5-13-7(9)2-1-3-8(12)14/h4-5H,3H2,(H2,12,14)(H,15,16). The number of amides is 1. The molecule has 1 aromatic heterocycles. The Hall–Kier alpha value is -2.42. The molecule has 1 rings (SSSR count). The maximum atomic E-state index is 13.4. The Morgan fingerprint density at radius 2 is 2.25 bits per heavy atom. The maximum absolute atomic E-state index is 13.4. The molecule has 0 radical (unpaired) electrons. The molecule has 0 saturated heterocycles. The van der Waals surface area contributed by atoms with Crippen molar-refractivity contribution in [2.45, 2.75) is 6.42 Å². The number of nitrogens with two attached hydrogens (primary N) is 1. The number of pyridine rings is 1. The number of nitrogens with zero attached hydrogens (tertiary/aromatic N) is 1. The number of primary amides is 1. The highest BCUT2D eigenvalue weighted by Gasteiger charge is 2.13. The Bertz CT molecular complexity index is 503. The highest BCUT2D eigenvalue weighted by atomic mass is 19.1. The molecule has 0 spiro atoms. The first-order valence-electron chi connectivity index (χ1n) is 4.17. The Morgan fingerprint density at radius 3 is 2.81 bits per heavy atom. The molecule has 16 heavy (non-hydrogen) atoms. The number of carbonyl (C=O) groups is 2. The van der Waals surface area contributed by atoms with E-state index >= 15 is 0 Å². The van der Waals surface area contributed by atoms with E-state index in [1.807, 2.05) is 0 Å².